The van der Waals surface area contributed by atoms with Crippen LogP contribution in [-0.4, -0.2) is 31.0 Å². The molecule has 5 nitrogen and oxygen atoms in total. The number of nitrogens with zero attached hydrogens (tertiary/aromatic N) is 2. The number of halogens is 2. The molecule has 8 heteroatoms. The van der Waals surface area contributed by atoms with E-state index in [0.717, 1.165) is 5.69 Å². The Morgan fingerprint density at radius 2 is 1.74 bits per heavy atom. The van der Waals surface area contributed by atoms with Gasteiger partial charge in [-0.15, -0.1) is 0 Å². The van der Waals surface area contributed by atoms with Crippen LogP contribution in [0.25, 0.3) is 6.08 Å². The van der Waals surface area contributed by atoms with Crippen molar-refractivity contribution in [2.24, 2.45) is 0 Å². The number of hydrogen-bond acceptors (Lipinski definition) is 4. The molecule has 1 heterocycles. The molecule has 0 aliphatic carbocycles. The zero-order valence-corrected chi connectivity index (χ0v) is 16.8. The van der Waals surface area contributed by atoms with E-state index in [2.05, 4.69) is 5.32 Å². The van der Waals surface area contributed by atoms with E-state index in [1.54, 1.807) is 12.1 Å². The Bertz CT molecular complexity index is 971. The molecule has 1 N–H and O–H groups in total. The van der Waals surface area contributed by atoms with Gasteiger partial charge in [0.15, 0.2) is 5.11 Å². The van der Waals surface area contributed by atoms with E-state index in [0.29, 0.717) is 16.3 Å². The number of benzene rings is 2. The Labute approximate surface area is 172 Å². The number of hydrogen-bond donors (Lipinski definition) is 1. The minimum absolute atomic E-state index is 0.0330. The Kier molecular flexibility index (Phi) is 5.51. The average Bonchev–Trinajstić information content (AvgIpc) is 2.60. The van der Waals surface area contributed by atoms with Gasteiger partial charge in [-0.25, -0.2) is 0 Å². The highest BCUT2D eigenvalue weighted by Crippen LogP contribution is 2.31. The summed E-state index contributed by atoms with van der Waals surface area (Å²) >= 11 is 17.3. The van der Waals surface area contributed by atoms with Crippen molar-refractivity contribution in [2.45, 2.75) is 0 Å². The third kappa shape index (κ3) is 3.98. The first kappa shape index (κ1) is 19.4. The lowest BCUT2D eigenvalue weighted by atomic mass is 10.1. The molecule has 0 aromatic heterocycles. The van der Waals surface area contributed by atoms with Crippen LogP contribution in [0.4, 0.5) is 11.4 Å². The van der Waals surface area contributed by atoms with Crippen LogP contribution < -0.4 is 15.1 Å². The molecule has 2 aromatic carbocycles. The summed E-state index contributed by atoms with van der Waals surface area (Å²) in [4.78, 5) is 28.5. The van der Waals surface area contributed by atoms with E-state index in [1.807, 2.05) is 43.3 Å². The fourth-order valence-corrected chi connectivity index (χ4v) is 3.34. The molecule has 0 bridgehead atoms. The Morgan fingerprint density at radius 1 is 1.07 bits per heavy atom. The molecule has 0 atom stereocenters. The maximum absolute atomic E-state index is 13.0. The molecule has 0 radical (unpaired) electrons. The second-order valence-corrected chi connectivity index (χ2v) is 7.27. The maximum Gasteiger partial charge on any atom is 0.270 e. The van der Waals surface area contributed by atoms with Gasteiger partial charge in [-0.3, -0.25) is 19.8 Å². The minimum Gasteiger partial charge on any atom is -0.378 e. The van der Waals surface area contributed by atoms with Gasteiger partial charge >= 0.3 is 0 Å². The van der Waals surface area contributed by atoms with Gasteiger partial charge in [-0.1, -0.05) is 35.3 Å². The average molecular weight is 420 g/mol. The zero-order valence-electron chi connectivity index (χ0n) is 14.5. The number of rotatable bonds is 3. The van der Waals surface area contributed by atoms with E-state index in [4.69, 9.17) is 35.4 Å². The van der Waals surface area contributed by atoms with Crippen LogP contribution in [-0.2, 0) is 9.59 Å². The van der Waals surface area contributed by atoms with E-state index in [-0.39, 0.29) is 15.7 Å². The van der Waals surface area contributed by atoms with Crippen LogP contribution in [0.2, 0.25) is 10.0 Å². The Hall–Kier alpha value is -2.41. The van der Waals surface area contributed by atoms with Crippen LogP contribution in [0.5, 0.6) is 0 Å². The first-order valence-electron chi connectivity index (χ1n) is 7.92. The summed E-state index contributed by atoms with van der Waals surface area (Å²) in [5, 5.41) is 3.18. The molecule has 2 amide bonds. The highest BCUT2D eigenvalue weighted by molar-refractivity contribution is 7.80. The van der Waals surface area contributed by atoms with Gasteiger partial charge in [0.1, 0.15) is 5.57 Å². The van der Waals surface area contributed by atoms with Gasteiger partial charge < -0.3 is 4.90 Å². The molecule has 1 aliphatic rings. The molecule has 2 aromatic rings. The molecule has 0 spiro atoms. The number of anilines is 2. The highest BCUT2D eigenvalue weighted by Gasteiger charge is 2.35. The SMILES string of the molecule is CN(C)c1ccc(C=C2C(=O)NC(=S)N(c3ccc(Cl)cc3Cl)C2=O)cc1. The normalized spacial score (nSPS) is 15.9. The highest BCUT2D eigenvalue weighted by atomic mass is 35.5. The number of carbonyl (C=O) groups excluding carboxylic acids is 2. The number of nitrogens with one attached hydrogen (secondary N) is 1. The van der Waals surface area contributed by atoms with E-state index in [9.17, 15) is 9.59 Å². The smallest absolute Gasteiger partial charge is 0.270 e. The Morgan fingerprint density at radius 3 is 2.33 bits per heavy atom. The minimum atomic E-state index is -0.553. The van der Waals surface area contributed by atoms with Crippen LogP contribution >= 0.6 is 35.4 Å². The quantitative estimate of drug-likeness (QED) is 0.465. The molecule has 138 valence electrons. The van der Waals surface area contributed by atoms with Crippen LogP contribution in [0.15, 0.2) is 48.0 Å². The third-order valence-corrected chi connectivity index (χ3v) is 4.80. The predicted molar refractivity (Wildman–Crippen MR) is 113 cm³/mol. The van der Waals surface area contributed by atoms with Gasteiger partial charge in [-0.05, 0) is 54.2 Å². The van der Waals surface area contributed by atoms with Gasteiger partial charge in [0.25, 0.3) is 11.8 Å². The largest absolute Gasteiger partial charge is 0.378 e. The van der Waals surface area contributed by atoms with E-state index in [1.165, 1.54) is 17.0 Å². The van der Waals surface area contributed by atoms with E-state index < -0.39 is 11.8 Å². The van der Waals surface area contributed by atoms with Crippen molar-refractivity contribution >= 4 is 69.8 Å². The van der Waals surface area contributed by atoms with Crippen molar-refractivity contribution < 1.29 is 9.59 Å². The van der Waals surface area contributed by atoms with Crippen LogP contribution in [0.3, 0.4) is 0 Å². The lowest BCUT2D eigenvalue weighted by Crippen LogP contribution is -2.54. The van der Waals surface area contributed by atoms with Gasteiger partial charge in [0.2, 0.25) is 0 Å². The first-order chi connectivity index (χ1) is 12.8. The van der Waals surface area contributed by atoms with Crippen molar-refractivity contribution in [3.63, 3.8) is 0 Å². The lowest BCUT2D eigenvalue weighted by molar-refractivity contribution is -0.122. The molecule has 3 rings (SSSR count). The number of thiocarbonyl (C=S) groups is 1. The first-order valence-corrected chi connectivity index (χ1v) is 9.08. The molecule has 1 fully saturated rings. The summed E-state index contributed by atoms with van der Waals surface area (Å²) in [6.07, 6.45) is 1.52. The molecule has 0 saturated carbocycles. The summed E-state index contributed by atoms with van der Waals surface area (Å²) in [7, 11) is 3.86. The van der Waals surface area contributed by atoms with Crippen molar-refractivity contribution in [3.05, 3.63) is 63.6 Å². The summed E-state index contributed by atoms with van der Waals surface area (Å²) in [5.74, 6) is -1.10. The molecule has 0 unspecified atom stereocenters. The molecule has 27 heavy (non-hydrogen) atoms. The van der Waals surface area contributed by atoms with Crippen molar-refractivity contribution in [2.75, 3.05) is 23.9 Å². The van der Waals surface area contributed by atoms with Gasteiger partial charge in [-0.2, -0.15) is 0 Å². The third-order valence-electron chi connectivity index (χ3n) is 3.97. The molecule has 1 aliphatic heterocycles. The number of amides is 2. The lowest BCUT2D eigenvalue weighted by Gasteiger charge is -2.29. The summed E-state index contributed by atoms with van der Waals surface area (Å²) in [6.45, 7) is 0. The standard InChI is InChI=1S/C19H15Cl2N3O2S/c1-23(2)13-6-3-11(4-7-13)9-14-17(25)22-19(27)24(18(14)26)16-8-5-12(20)10-15(16)21/h3-10H,1-2H3,(H,22,25,27). The van der Waals surface area contributed by atoms with Gasteiger partial charge in [0, 0.05) is 24.8 Å². The Balaban J connectivity index is 1.99. The zero-order chi connectivity index (χ0) is 19.7. The fourth-order valence-electron chi connectivity index (χ4n) is 2.57. The second-order valence-electron chi connectivity index (χ2n) is 6.04. The van der Waals surface area contributed by atoms with E-state index >= 15 is 0 Å². The molecular weight excluding hydrogens is 405 g/mol. The molecular formula is C19H15Cl2N3O2S. The summed E-state index contributed by atoms with van der Waals surface area (Å²) < 4.78 is 0. The summed E-state index contributed by atoms with van der Waals surface area (Å²) in [5.41, 5.74) is 2.04. The van der Waals surface area contributed by atoms with Crippen molar-refractivity contribution in [3.8, 4) is 0 Å². The fraction of sp³-hybridized carbons (Fsp3) is 0.105. The molecule has 1 saturated heterocycles. The van der Waals surface area contributed by atoms with Crippen molar-refractivity contribution in [1.82, 2.24) is 5.32 Å². The predicted octanol–water partition coefficient (Wildman–Crippen LogP) is 3.89. The second kappa shape index (κ2) is 7.68. The van der Waals surface area contributed by atoms with Gasteiger partial charge in [0.05, 0.1) is 10.7 Å². The van der Waals surface area contributed by atoms with Crippen LogP contribution in [0, 0.1) is 0 Å². The monoisotopic (exact) mass is 419 g/mol. The maximum atomic E-state index is 13.0. The topological polar surface area (TPSA) is 52.7 Å². The van der Waals surface area contributed by atoms with Crippen molar-refractivity contribution in [1.29, 1.82) is 0 Å². The number of carbonyl (C=O) groups is 2. The van der Waals surface area contributed by atoms with Crippen LogP contribution in [0.1, 0.15) is 5.56 Å². The summed E-state index contributed by atoms with van der Waals surface area (Å²) in [6, 6.07) is 12.1.